The molecule has 0 aliphatic rings. The number of para-hydroxylation sites is 1. The molecule has 7 nitrogen and oxygen atoms in total. The number of hydrogen-bond donors (Lipinski definition) is 1. The first-order valence-corrected chi connectivity index (χ1v) is 9.48. The van der Waals surface area contributed by atoms with Gasteiger partial charge in [-0.25, -0.2) is 0 Å². The van der Waals surface area contributed by atoms with Crippen molar-refractivity contribution in [3.05, 3.63) is 99.1 Å². The zero-order valence-electron chi connectivity index (χ0n) is 16.1. The van der Waals surface area contributed by atoms with E-state index in [1.54, 1.807) is 54.6 Å². The van der Waals surface area contributed by atoms with Crippen LogP contribution in [0.1, 0.15) is 11.1 Å². The normalized spacial score (nSPS) is 10.8. The van der Waals surface area contributed by atoms with E-state index in [9.17, 15) is 20.2 Å². The van der Waals surface area contributed by atoms with Gasteiger partial charge in [-0.15, -0.1) is 0 Å². The summed E-state index contributed by atoms with van der Waals surface area (Å²) in [5.41, 5.74) is 2.14. The zero-order chi connectivity index (χ0) is 22.2. The number of benzene rings is 3. The molecule has 0 atom stereocenters. The van der Waals surface area contributed by atoms with Crippen molar-refractivity contribution in [3.8, 4) is 11.8 Å². The molecule has 8 heteroatoms. The largest absolute Gasteiger partial charge is 0.484 e. The lowest BCUT2D eigenvalue weighted by molar-refractivity contribution is -0.384. The molecule has 0 fully saturated rings. The smallest absolute Gasteiger partial charge is 0.269 e. The third-order valence-electron chi connectivity index (χ3n) is 4.22. The second-order valence-corrected chi connectivity index (χ2v) is 6.77. The molecule has 1 N–H and O–H groups in total. The fourth-order valence-electron chi connectivity index (χ4n) is 2.67. The first-order chi connectivity index (χ1) is 15.0. The fourth-order valence-corrected chi connectivity index (χ4v) is 2.85. The van der Waals surface area contributed by atoms with Crippen LogP contribution in [0, 0.1) is 21.4 Å². The SMILES string of the molecule is N#C/C(=C\c1ccc(OCC(=O)Nc2ccccc2Cl)cc1)c1ccc([N+](=O)[O-])cc1. The summed E-state index contributed by atoms with van der Waals surface area (Å²) in [5.74, 6) is 0.141. The molecule has 3 aromatic carbocycles. The summed E-state index contributed by atoms with van der Waals surface area (Å²) in [4.78, 5) is 22.3. The molecule has 3 rings (SSSR count). The van der Waals surface area contributed by atoms with Gasteiger partial charge >= 0.3 is 0 Å². The van der Waals surface area contributed by atoms with Gasteiger partial charge in [0.15, 0.2) is 6.61 Å². The predicted molar refractivity (Wildman–Crippen MR) is 119 cm³/mol. The van der Waals surface area contributed by atoms with Crippen LogP contribution in [-0.4, -0.2) is 17.4 Å². The second-order valence-electron chi connectivity index (χ2n) is 6.36. The second kappa shape index (κ2) is 10.1. The Labute approximate surface area is 183 Å². The summed E-state index contributed by atoms with van der Waals surface area (Å²) in [6.45, 7) is -0.188. The van der Waals surface area contributed by atoms with E-state index in [0.29, 0.717) is 27.6 Å². The molecule has 0 aliphatic carbocycles. The number of nitro benzene ring substituents is 1. The topological polar surface area (TPSA) is 105 Å². The van der Waals surface area contributed by atoms with Crippen molar-refractivity contribution in [2.75, 3.05) is 11.9 Å². The molecular weight excluding hydrogens is 418 g/mol. The van der Waals surface area contributed by atoms with Crippen LogP contribution in [-0.2, 0) is 4.79 Å². The number of anilines is 1. The lowest BCUT2D eigenvalue weighted by Crippen LogP contribution is -2.20. The van der Waals surface area contributed by atoms with Crippen molar-refractivity contribution >= 4 is 40.5 Å². The Bertz CT molecular complexity index is 1170. The summed E-state index contributed by atoms with van der Waals surface area (Å²) in [5, 5.41) is 23.3. The number of amides is 1. The molecular formula is C23H16ClN3O4. The molecule has 0 radical (unpaired) electrons. The molecule has 154 valence electrons. The van der Waals surface area contributed by atoms with E-state index in [1.807, 2.05) is 0 Å². The highest BCUT2D eigenvalue weighted by Gasteiger charge is 2.08. The number of nitrogens with one attached hydrogen (secondary N) is 1. The van der Waals surface area contributed by atoms with E-state index in [1.165, 1.54) is 24.3 Å². The number of halogens is 1. The number of nitro groups is 1. The van der Waals surface area contributed by atoms with Crippen LogP contribution in [0.3, 0.4) is 0 Å². The first-order valence-electron chi connectivity index (χ1n) is 9.10. The van der Waals surface area contributed by atoms with E-state index in [-0.39, 0.29) is 18.2 Å². The first kappa shape index (κ1) is 21.6. The minimum absolute atomic E-state index is 0.0406. The standard InChI is InChI=1S/C23H16ClN3O4/c24-21-3-1-2-4-22(21)26-23(28)15-31-20-11-5-16(6-12-20)13-18(14-25)17-7-9-19(10-8-17)27(29)30/h1-13H,15H2,(H,26,28)/b18-13+. The summed E-state index contributed by atoms with van der Waals surface area (Å²) in [7, 11) is 0. The quantitative estimate of drug-likeness (QED) is 0.234. The predicted octanol–water partition coefficient (Wildman–Crippen LogP) is 5.33. The van der Waals surface area contributed by atoms with Gasteiger partial charge < -0.3 is 10.1 Å². The lowest BCUT2D eigenvalue weighted by atomic mass is 10.0. The van der Waals surface area contributed by atoms with Crippen molar-refractivity contribution in [1.82, 2.24) is 0 Å². The van der Waals surface area contributed by atoms with E-state index >= 15 is 0 Å². The van der Waals surface area contributed by atoms with Crippen molar-refractivity contribution < 1.29 is 14.5 Å². The van der Waals surface area contributed by atoms with Gasteiger partial charge in [0, 0.05) is 12.1 Å². The number of non-ortho nitro benzene ring substituents is 1. The Kier molecular flexibility index (Phi) is 6.99. The van der Waals surface area contributed by atoms with Gasteiger partial charge in [0.2, 0.25) is 0 Å². The molecule has 0 saturated carbocycles. The minimum atomic E-state index is -0.493. The average Bonchev–Trinajstić information content (AvgIpc) is 2.78. The van der Waals surface area contributed by atoms with Gasteiger partial charge in [-0.3, -0.25) is 14.9 Å². The van der Waals surface area contributed by atoms with Crippen LogP contribution < -0.4 is 10.1 Å². The van der Waals surface area contributed by atoms with E-state index in [0.717, 1.165) is 5.56 Å². The van der Waals surface area contributed by atoms with Crippen molar-refractivity contribution in [1.29, 1.82) is 5.26 Å². The molecule has 0 aliphatic heterocycles. The van der Waals surface area contributed by atoms with Gasteiger partial charge in [-0.2, -0.15) is 5.26 Å². The molecule has 0 heterocycles. The maximum Gasteiger partial charge on any atom is 0.269 e. The van der Waals surface area contributed by atoms with Crippen LogP contribution >= 0.6 is 11.6 Å². The fraction of sp³-hybridized carbons (Fsp3) is 0.0435. The van der Waals surface area contributed by atoms with Crippen molar-refractivity contribution in [2.45, 2.75) is 0 Å². The number of carbonyl (C=O) groups is 1. The summed E-state index contributed by atoms with van der Waals surface area (Å²) >= 11 is 6.01. The maximum atomic E-state index is 12.0. The highest BCUT2D eigenvalue weighted by Crippen LogP contribution is 2.23. The monoisotopic (exact) mass is 433 g/mol. The highest BCUT2D eigenvalue weighted by atomic mass is 35.5. The molecule has 0 spiro atoms. The van der Waals surface area contributed by atoms with Crippen molar-refractivity contribution in [3.63, 3.8) is 0 Å². The Morgan fingerprint density at radius 2 is 1.77 bits per heavy atom. The van der Waals surface area contributed by atoms with Gasteiger partial charge in [0.05, 0.1) is 27.3 Å². The molecule has 0 saturated heterocycles. The van der Waals surface area contributed by atoms with Gasteiger partial charge in [0.1, 0.15) is 5.75 Å². The summed E-state index contributed by atoms with van der Waals surface area (Å²) in [6.07, 6.45) is 1.66. The highest BCUT2D eigenvalue weighted by molar-refractivity contribution is 6.33. The minimum Gasteiger partial charge on any atom is -0.484 e. The third-order valence-corrected chi connectivity index (χ3v) is 4.55. The number of hydrogen-bond acceptors (Lipinski definition) is 5. The Hall–Kier alpha value is -4.15. The Morgan fingerprint density at radius 1 is 1.10 bits per heavy atom. The molecule has 1 amide bonds. The molecule has 31 heavy (non-hydrogen) atoms. The van der Waals surface area contributed by atoms with Gasteiger partial charge in [-0.05, 0) is 53.6 Å². The number of carbonyl (C=O) groups excluding carboxylic acids is 1. The van der Waals surface area contributed by atoms with E-state index in [4.69, 9.17) is 16.3 Å². The lowest BCUT2D eigenvalue weighted by Gasteiger charge is -2.09. The van der Waals surface area contributed by atoms with E-state index < -0.39 is 4.92 Å². The number of allylic oxidation sites excluding steroid dienone is 1. The molecule has 0 bridgehead atoms. The van der Waals surface area contributed by atoms with Crippen LogP contribution in [0.2, 0.25) is 5.02 Å². The van der Waals surface area contributed by atoms with Crippen molar-refractivity contribution in [2.24, 2.45) is 0 Å². The number of rotatable bonds is 7. The van der Waals surface area contributed by atoms with E-state index in [2.05, 4.69) is 11.4 Å². The number of ether oxygens (including phenoxy) is 1. The van der Waals surface area contributed by atoms with Crippen LogP contribution in [0.15, 0.2) is 72.8 Å². The average molecular weight is 434 g/mol. The zero-order valence-corrected chi connectivity index (χ0v) is 16.9. The Balaban J connectivity index is 1.62. The van der Waals surface area contributed by atoms with Gasteiger partial charge in [0.25, 0.3) is 11.6 Å². The number of nitrogens with zero attached hydrogens (tertiary/aromatic N) is 2. The molecule has 0 aromatic heterocycles. The summed E-state index contributed by atoms with van der Waals surface area (Å²) < 4.78 is 5.48. The Morgan fingerprint density at radius 3 is 2.39 bits per heavy atom. The molecule has 3 aromatic rings. The maximum absolute atomic E-state index is 12.0. The van der Waals surface area contributed by atoms with Crippen LogP contribution in [0.25, 0.3) is 11.6 Å². The number of nitriles is 1. The van der Waals surface area contributed by atoms with Gasteiger partial charge in [-0.1, -0.05) is 35.9 Å². The summed E-state index contributed by atoms with van der Waals surface area (Å²) in [6, 6.07) is 21.6. The molecule has 0 unspecified atom stereocenters. The third kappa shape index (κ3) is 5.92. The van der Waals surface area contributed by atoms with Crippen LogP contribution in [0.5, 0.6) is 5.75 Å². The van der Waals surface area contributed by atoms with Crippen LogP contribution in [0.4, 0.5) is 11.4 Å².